The van der Waals surface area contributed by atoms with Gasteiger partial charge >= 0.3 is 0 Å². The van der Waals surface area contributed by atoms with E-state index in [4.69, 9.17) is 15.0 Å². The van der Waals surface area contributed by atoms with Gasteiger partial charge in [0.2, 0.25) is 0 Å². The van der Waals surface area contributed by atoms with Gasteiger partial charge in [0.05, 0.1) is 16.6 Å². The highest BCUT2D eigenvalue weighted by molar-refractivity contribution is 6.34. The monoisotopic (exact) mass is 613 g/mol. The lowest BCUT2D eigenvalue weighted by Gasteiger charge is -2.11. The van der Waals surface area contributed by atoms with Crippen LogP contribution in [0.1, 0.15) is 0 Å². The molecule has 5 nitrogen and oxygen atoms in total. The van der Waals surface area contributed by atoms with Crippen molar-refractivity contribution in [2.45, 2.75) is 0 Å². The molecule has 0 amide bonds. The number of fused-ring (bicyclic) bond motifs is 3. The van der Waals surface area contributed by atoms with E-state index in [2.05, 4.69) is 112 Å². The summed E-state index contributed by atoms with van der Waals surface area (Å²) >= 11 is 0. The normalized spacial score (nSPS) is 11.8. The first kappa shape index (κ1) is 26.6. The smallest absolute Gasteiger partial charge is 0.164 e. The van der Waals surface area contributed by atoms with E-state index in [1.165, 1.54) is 43.5 Å². The second-order valence-electron chi connectivity index (χ2n) is 12.1. The van der Waals surface area contributed by atoms with Crippen LogP contribution in [0.4, 0.5) is 0 Å². The van der Waals surface area contributed by atoms with Crippen LogP contribution in [-0.4, -0.2) is 24.1 Å². The topological polar surface area (TPSA) is 48.5 Å². The highest BCUT2D eigenvalue weighted by atomic mass is 15.0. The molecule has 224 valence electrons. The first-order chi connectivity index (χ1) is 23.8. The SMILES string of the molecule is c1ccc(-c2nc(-c3ccccc3)nc(-c3cccc(-n4c5cccc6c7ccn(-c8ccccc8)c7c7cccc4c7c65)c3)n2)cc1. The van der Waals surface area contributed by atoms with Gasteiger partial charge in [-0.3, -0.25) is 0 Å². The molecule has 0 aliphatic heterocycles. The van der Waals surface area contributed by atoms with Crippen molar-refractivity contribution in [2.24, 2.45) is 0 Å². The maximum absolute atomic E-state index is 5.01. The Bertz CT molecular complexity index is 2700. The lowest BCUT2D eigenvalue weighted by Crippen LogP contribution is -2.01. The minimum atomic E-state index is 0.639. The van der Waals surface area contributed by atoms with Crippen LogP contribution in [0.3, 0.4) is 0 Å². The van der Waals surface area contributed by atoms with E-state index in [9.17, 15) is 0 Å². The summed E-state index contributed by atoms with van der Waals surface area (Å²) in [6, 6.07) is 55.0. The average molecular weight is 614 g/mol. The third-order valence-corrected chi connectivity index (χ3v) is 9.34. The maximum atomic E-state index is 5.01. The van der Waals surface area contributed by atoms with Crippen LogP contribution >= 0.6 is 0 Å². The second kappa shape index (κ2) is 10.5. The Morgan fingerprint density at radius 1 is 0.375 bits per heavy atom. The molecule has 3 heterocycles. The number of benzene rings is 7. The van der Waals surface area contributed by atoms with Crippen molar-refractivity contribution in [3.8, 4) is 45.5 Å². The van der Waals surface area contributed by atoms with Crippen LogP contribution in [0.2, 0.25) is 0 Å². The van der Waals surface area contributed by atoms with Crippen LogP contribution in [0.15, 0.2) is 164 Å². The molecule has 0 fully saturated rings. The fraction of sp³-hybridized carbons (Fsp3) is 0. The summed E-state index contributed by atoms with van der Waals surface area (Å²) < 4.78 is 4.70. The molecular formula is C43H27N5. The van der Waals surface area contributed by atoms with E-state index in [-0.39, 0.29) is 0 Å². The van der Waals surface area contributed by atoms with Gasteiger partial charge < -0.3 is 9.13 Å². The van der Waals surface area contributed by atoms with Crippen molar-refractivity contribution in [1.29, 1.82) is 0 Å². The summed E-state index contributed by atoms with van der Waals surface area (Å²) in [5.41, 5.74) is 8.62. The number of hydrogen-bond donors (Lipinski definition) is 0. The van der Waals surface area contributed by atoms with Crippen molar-refractivity contribution in [1.82, 2.24) is 24.1 Å². The highest BCUT2D eigenvalue weighted by Crippen LogP contribution is 2.44. The predicted octanol–water partition coefficient (Wildman–Crippen LogP) is 10.5. The van der Waals surface area contributed by atoms with Crippen molar-refractivity contribution < 1.29 is 0 Å². The fourth-order valence-corrected chi connectivity index (χ4v) is 7.26. The van der Waals surface area contributed by atoms with Crippen LogP contribution in [0.5, 0.6) is 0 Å². The molecule has 10 rings (SSSR count). The fourth-order valence-electron chi connectivity index (χ4n) is 7.26. The molecule has 10 aromatic rings. The number of para-hydroxylation sites is 1. The zero-order valence-electron chi connectivity index (χ0n) is 25.8. The van der Waals surface area contributed by atoms with Crippen LogP contribution < -0.4 is 0 Å². The van der Waals surface area contributed by atoms with Gasteiger partial charge in [-0.25, -0.2) is 15.0 Å². The quantitative estimate of drug-likeness (QED) is 0.182. The van der Waals surface area contributed by atoms with Crippen molar-refractivity contribution in [2.75, 3.05) is 0 Å². The lowest BCUT2D eigenvalue weighted by molar-refractivity contribution is 1.07. The summed E-state index contributed by atoms with van der Waals surface area (Å²) in [4.78, 5) is 14.9. The van der Waals surface area contributed by atoms with Gasteiger partial charge in [0.25, 0.3) is 0 Å². The molecule has 0 unspecified atom stereocenters. The highest BCUT2D eigenvalue weighted by Gasteiger charge is 2.22. The average Bonchev–Trinajstić information content (AvgIpc) is 3.77. The predicted molar refractivity (Wildman–Crippen MR) is 196 cm³/mol. The first-order valence-electron chi connectivity index (χ1n) is 16.1. The van der Waals surface area contributed by atoms with Gasteiger partial charge in [-0.2, -0.15) is 0 Å². The molecule has 0 saturated carbocycles. The largest absolute Gasteiger partial charge is 0.316 e. The minimum absolute atomic E-state index is 0.639. The molecule has 0 bridgehead atoms. The van der Waals surface area contributed by atoms with E-state index < -0.39 is 0 Å². The molecule has 0 aliphatic rings. The summed E-state index contributed by atoms with van der Waals surface area (Å²) in [5, 5.41) is 6.31. The van der Waals surface area contributed by atoms with E-state index >= 15 is 0 Å². The molecule has 0 atom stereocenters. The van der Waals surface area contributed by atoms with Gasteiger partial charge in [-0.15, -0.1) is 0 Å². The summed E-state index contributed by atoms with van der Waals surface area (Å²) in [6.45, 7) is 0. The third kappa shape index (κ3) is 4.01. The zero-order chi connectivity index (χ0) is 31.6. The minimum Gasteiger partial charge on any atom is -0.316 e. The summed E-state index contributed by atoms with van der Waals surface area (Å²) in [5.74, 6) is 1.94. The molecule has 0 aliphatic carbocycles. The Hall–Kier alpha value is -6.59. The molecule has 7 aromatic carbocycles. The molecule has 0 spiro atoms. The van der Waals surface area contributed by atoms with Gasteiger partial charge in [-0.1, -0.05) is 115 Å². The number of rotatable bonds is 5. The summed E-state index contributed by atoms with van der Waals surface area (Å²) in [6.07, 6.45) is 2.20. The zero-order valence-corrected chi connectivity index (χ0v) is 25.8. The summed E-state index contributed by atoms with van der Waals surface area (Å²) in [7, 11) is 0. The Balaban J connectivity index is 1.21. The van der Waals surface area contributed by atoms with Crippen molar-refractivity contribution in [3.05, 3.63) is 164 Å². The molecule has 48 heavy (non-hydrogen) atoms. The molecular weight excluding hydrogens is 587 g/mol. The van der Waals surface area contributed by atoms with Gasteiger partial charge in [0.15, 0.2) is 17.5 Å². The molecule has 0 radical (unpaired) electrons. The number of hydrogen-bond acceptors (Lipinski definition) is 3. The van der Waals surface area contributed by atoms with Crippen molar-refractivity contribution in [3.63, 3.8) is 0 Å². The van der Waals surface area contributed by atoms with Gasteiger partial charge in [0.1, 0.15) is 0 Å². The van der Waals surface area contributed by atoms with Crippen molar-refractivity contribution >= 4 is 43.5 Å². The van der Waals surface area contributed by atoms with Crippen LogP contribution in [0.25, 0.3) is 89.0 Å². The van der Waals surface area contributed by atoms with Crippen LogP contribution in [0, 0.1) is 0 Å². The van der Waals surface area contributed by atoms with Crippen LogP contribution in [-0.2, 0) is 0 Å². The Kier molecular flexibility index (Phi) is 5.81. The lowest BCUT2D eigenvalue weighted by atomic mass is 9.98. The second-order valence-corrected chi connectivity index (χ2v) is 12.1. The maximum Gasteiger partial charge on any atom is 0.164 e. The Morgan fingerprint density at radius 2 is 0.875 bits per heavy atom. The number of nitrogens with zero attached hydrogens (tertiary/aromatic N) is 5. The molecule has 0 saturated heterocycles. The van der Waals surface area contributed by atoms with E-state index in [1.807, 2.05) is 60.7 Å². The molecule has 0 N–H and O–H groups in total. The van der Waals surface area contributed by atoms with E-state index in [0.29, 0.717) is 17.5 Å². The number of aromatic nitrogens is 5. The molecule has 3 aromatic heterocycles. The van der Waals surface area contributed by atoms with E-state index in [0.717, 1.165) is 28.1 Å². The third-order valence-electron chi connectivity index (χ3n) is 9.34. The standard InChI is InChI=1S/C43H27N5/c1-4-13-28(14-5-1)41-44-42(29-15-6-2-7-16-29)46-43(45-41)30-17-10-20-32(27-30)48-36-23-11-21-33-34-25-26-47(31-18-8-3-9-19-31)40(34)35-22-12-24-37(48)39(35)38(33)36/h1-27H. The van der Waals surface area contributed by atoms with Gasteiger partial charge in [0, 0.05) is 55.8 Å². The van der Waals surface area contributed by atoms with E-state index in [1.54, 1.807) is 0 Å². The Morgan fingerprint density at radius 3 is 1.52 bits per heavy atom. The first-order valence-corrected chi connectivity index (χ1v) is 16.1. The Labute approximate surface area is 276 Å². The molecule has 5 heteroatoms. The van der Waals surface area contributed by atoms with Gasteiger partial charge in [-0.05, 0) is 47.9 Å².